The molecule has 0 spiro atoms. The van der Waals surface area contributed by atoms with Crippen LogP contribution in [0.2, 0.25) is 51.4 Å². The first-order valence-electron chi connectivity index (χ1n) is 21.9. The van der Waals surface area contributed by atoms with E-state index in [0.29, 0.717) is 74.8 Å². The highest BCUT2D eigenvalue weighted by Crippen LogP contribution is 2.45. The van der Waals surface area contributed by atoms with Gasteiger partial charge in [0, 0.05) is 66.0 Å². The van der Waals surface area contributed by atoms with Crippen LogP contribution >= 0.6 is 0 Å². The summed E-state index contributed by atoms with van der Waals surface area (Å²) in [6.07, 6.45) is 8.21. The van der Waals surface area contributed by atoms with E-state index in [1.165, 1.54) is 6.26 Å². The summed E-state index contributed by atoms with van der Waals surface area (Å²) in [5.41, 5.74) is 3.10. The second kappa shape index (κ2) is 21.3. The third-order valence-corrected chi connectivity index (χ3v) is 15.9. The van der Waals surface area contributed by atoms with E-state index in [2.05, 4.69) is 44.4 Å². The van der Waals surface area contributed by atoms with Gasteiger partial charge in [0.05, 0.1) is 43.6 Å². The number of benzene rings is 2. The molecule has 1 aliphatic carbocycles. The average Bonchev–Trinajstić information content (AvgIpc) is 3.90. The van der Waals surface area contributed by atoms with Crippen LogP contribution < -0.4 is 4.90 Å². The molecule has 2 aromatic carbocycles. The molecule has 14 nitrogen and oxygen atoms in total. The van der Waals surface area contributed by atoms with Crippen molar-refractivity contribution in [2.75, 3.05) is 64.8 Å². The second-order valence-electron chi connectivity index (χ2n) is 19.0. The van der Waals surface area contributed by atoms with Gasteiger partial charge in [-0.25, -0.2) is 18.1 Å². The van der Waals surface area contributed by atoms with Crippen molar-refractivity contribution in [2.45, 2.75) is 100 Å². The molecule has 0 amide bonds. The van der Waals surface area contributed by atoms with Crippen molar-refractivity contribution >= 4 is 43.2 Å². The van der Waals surface area contributed by atoms with E-state index in [1.54, 1.807) is 28.7 Å². The number of ether oxygens (including phenoxy) is 5. The maximum Gasteiger partial charge on any atom is 0.190 e. The lowest BCUT2D eigenvalue weighted by Crippen LogP contribution is -2.47. The highest BCUT2D eigenvalue weighted by molar-refractivity contribution is 7.91. The topological polar surface area (TPSA) is 149 Å². The number of methoxy groups -OCH3 is 1. The normalized spacial score (nSPS) is 17.4. The summed E-state index contributed by atoms with van der Waals surface area (Å²) in [6, 6.07) is 21.4. The Morgan fingerprint density at radius 3 is 2.03 bits per heavy atom. The van der Waals surface area contributed by atoms with Crippen molar-refractivity contribution in [1.82, 2.24) is 24.4 Å². The molecule has 0 unspecified atom stereocenters. The minimum atomic E-state index is -3.96. The Kier molecular flexibility index (Phi) is 16.3. The first kappa shape index (κ1) is 48.4. The largest absolute Gasteiger partial charge is 0.382 e. The average molecular weight is 919 g/mol. The van der Waals surface area contributed by atoms with E-state index >= 15 is 0 Å². The number of hydrogen-bond acceptors (Lipinski definition) is 12. The molecule has 0 atom stereocenters. The van der Waals surface area contributed by atoms with E-state index < -0.39 is 31.6 Å². The number of carbonyl (C=O) groups is 1. The van der Waals surface area contributed by atoms with Gasteiger partial charge >= 0.3 is 0 Å². The van der Waals surface area contributed by atoms with Gasteiger partial charge in [-0.15, -0.1) is 0 Å². The van der Waals surface area contributed by atoms with Crippen molar-refractivity contribution < 1.29 is 36.9 Å². The Hall–Kier alpha value is -4.08. The molecule has 63 heavy (non-hydrogen) atoms. The molecule has 0 bridgehead atoms. The molecule has 0 saturated heterocycles. The molecule has 3 aromatic heterocycles. The van der Waals surface area contributed by atoms with Crippen LogP contribution in [0.15, 0.2) is 84.1 Å². The quantitative estimate of drug-likeness (QED) is 0.0333. The number of sulfone groups is 1. The predicted octanol–water partition coefficient (Wildman–Crippen LogP) is 8.26. The summed E-state index contributed by atoms with van der Waals surface area (Å²) in [6.45, 7) is 15.7. The third kappa shape index (κ3) is 13.0. The molecule has 6 rings (SSSR count). The zero-order valence-corrected chi connectivity index (χ0v) is 41.2. The van der Waals surface area contributed by atoms with Crippen LogP contribution in [0.3, 0.4) is 0 Å². The molecule has 0 N–H and O–H groups in total. The molecule has 17 heteroatoms. The Balaban J connectivity index is 1.42. The molecule has 0 aliphatic heterocycles. The van der Waals surface area contributed by atoms with Gasteiger partial charge in [-0.05, 0) is 55.5 Å². The van der Waals surface area contributed by atoms with Gasteiger partial charge in [0.2, 0.25) is 0 Å². The minimum Gasteiger partial charge on any atom is -0.382 e. The summed E-state index contributed by atoms with van der Waals surface area (Å²) in [7, 11) is -5.24. The molecule has 5 aromatic rings. The molecule has 0 radical (unpaired) electrons. The summed E-state index contributed by atoms with van der Waals surface area (Å²) >= 11 is 0. The van der Waals surface area contributed by atoms with Crippen LogP contribution in [-0.4, -0.2) is 120 Å². The Bertz CT molecular complexity index is 2330. The summed E-state index contributed by atoms with van der Waals surface area (Å²) in [5.74, 6) is -0.155. The third-order valence-electron chi connectivity index (χ3n) is 11.4. The molecule has 1 aliphatic rings. The first-order valence-corrected chi connectivity index (χ1v) is 31.2. The van der Waals surface area contributed by atoms with Crippen molar-refractivity contribution in [1.29, 1.82) is 0 Å². The van der Waals surface area contributed by atoms with Crippen molar-refractivity contribution in [3.8, 4) is 16.8 Å². The smallest absolute Gasteiger partial charge is 0.190 e. The number of nitrogens with zero attached hydrogens (tertiary/aromatic N) is 6. The van der Waals surface area contributed by atoms with Gasteiger partial charge in [-0.1, -0.05) is 87.8 Å². The number of aromatic nitrogens is 5. The number of rotatable bonds is 24. The van der Waals surface area contributed by atoms with Gasteiger partial charge in [0.25, 0.3) is 0 Å². The molecule has 342 valence electrons. The number of anilines is 1. The Labute approximate surface area is 375 Å². The lowest BCUT2D eigenvalue weighted by Gasteiger charge is -2.39. The van der Waals surface area contributed by atoms with Gasteiger partial charge in [0.15, 0.2) is 27.1 Å². The van der Waals surface area contributed by atoms with Crippen LogP contribution in [0.25, 0.3) is 22.5 Å². The standard InChI is InChI=1S/C46H66N6O8SSi2/c1-56-23-24-60-46(41(53)33-59-32-36-15-11-9-12-16-36)21-19-37(20-22-46)42-43(61(2,54)55)45(50(34-57-25-27-62(3,4)5)35-58-26-28-63(6,7)8)52-44(49-42)40(30-48-52)38-29-47-51(31-38)39-17-13-10-14-18-39/h9-18,29-31,37H,19-28,32-35H2,1-8H3. The molecule has 3 heterocycles. The minimum absolute atomic E-state index is 0.0718. The van der Waals surface area contributed by atoms with Gasteiger partial charge in [0.1, 0.15) is 30.6 Å². The zero-order valence-electron chi connectivity index (χ0n) is 38.3. The van der Waals surface area contributed by atoms with Crippen molar-refractivity contribution in [3.63, 3.8) is 0 Å². The monoisotopic (exact) mass is 918 g/mol. The van der Waals surface area contributed by atoms with Crippen LogP contribution in [0.5, 0.6) is 0 Å². The maximum absolute atomic E-state index is 14.4. The van der Waals surface area contributed by atoms with E-state index in [0.717, 1.165) is 28.9 Å². The van der Waals surface area contributed by atoms with Crippen LogP contribution in [0.1, 0.15) is 42.9 Å². The summed E-state index contributed by atoms with van der Waals surface area (Å²) in [5, 5.41) is 9.52. The van der Waals surface area contributed by atoms with E-state index in [-0.39, 0.29) is 43.3 Å². The number of Topliss-reactive ketones (excluding diaryl/α,β-unsaturated/α-hetero) is 1. The van der Waals surface area contributed by atoms with Crippen LogP contribution in [-0.2, 0) is 44.9 Å². The Morgan fingerprint density at radius 1 is 0.825 bits per heavy atom. The zero-order chi connectivity index (χ0) is 45.3. The second-order valence-corrected chi connectivity index (χ2v) is 32.2. The van der Waals surface area contributed by atoms with E-state index in [9.17, 15) is 13.2 Å². The fourth-order valence-corrected chi connectivity index (χ4v) is 10.3. The van der Waals surface area contributed by atoms with Crippen LogP contribution in [0, 0.1) is 0 Å². The number of fused-ring (bicyclic) bond motifs is 1. The van der Waals surface area contributed by atoms with Gasteiger partial charge < -0.3 is 28.6 Å². The summed E-state index contributed by atoms with van der Waals surface area (Å²) in [4.78, 5) is 21.3. The van der Waals surface area contributed by atoms with Crippen molar-refractivity contribution in [3.05, 3.63) is 90.5 Å². The van der Waals surface area contributed by atoms with Gasteiger partial charge in [-0.3, -0.25) is 4.79 Å². The lowest BCUT2D eigenvalue weighted by atomic mass is 9.75. The molecule has 1 fully saturated rings. The van der Waals surface area contributed by atoms with Gasteiger partial charge in [-0.2, -0.15) is 14.7 Å². The highest BCUT2D eigenvalue weighted by Gasteiger charge is 2.45. The highest BCUT2D eigenvalue weighted by atomic mass is 32.2. The van der Waals surface area contributed by atoms with E-state index in [4.69, 9.17) is 33.8 Å². The predicted molar refractivity (Wildman–Crippen MR) is 252 cm³/mol. The SMILES string of the molecule is COCCOC1(C(=O)COCc2ccccc2)CCC(c2nc3c(-c4cnn(-c5ccccc5)c4)cnn3c(N(COCC[Si](C)(C)C)COCC[Si](C)(C)C)c2S(C)(=O)=O)CC1. The molecular weight excluding hydrogens is 853 g/mol. The number of ketones is 1. The lowest BCUT2D eigenvalue weighted by molar-refractivity contribution is -0.157. The summed E-state index contributed by atoms with van der Waals surface area (Å²) < 4.78 is 62.5. The number of para-hydroxylation sites is 1. The number of carbonyl (C=O) groups excluding carboxylic acids is 1. The fraction of sp³-hybridized carbons (Fsp3) is 0.522. The van der Waals surface area contributed by atoms with E-state index in [1.807, 2.05) is 71.8 Å². The Morgan fingerprint density at radius 2 is 1.44 bits per heavy atom. The molecular formula is C46H66N6O8SSi2. The first-order chi connectivity index (χ1) is 30.0. The number of hydrogen-bond donors (Lipinski definition) is 0. The van der Waals surface area contributed by atoms with Crippen molar-refractivity contribution in [2.24, 2.45) is 0 Å². The molecule has 1 saturated carbocycles. The van der Waals surface area contributed by atoms with Crippen LogP contribution in [0.4, 0.5) is 5.82 Å². The fourth-order valence-electron chi connectivity index (χ4n) is 7.69. The maximum atomic E-state index is 14.4.